The summed E-state index contributed by atoms with van der Waals surface area (Å²) in [6, 6.07) is 19.7. The van der Waals surface area contributed by atoms with E-state index in [9.17, 15) is 4.79 Å². The van der Waals surface area contributed by atoms with Crippen LogP contribution in [0.15, 0.2) is 85.2 Å². The maximum atomic E-state index is 12.2. The highest BCUT2D eigenvalue weighted by atomic mass is 16.2. The molecule has 0 aliphatic heterocycles. The fourth-order valence-electron chi connectivity index (χ4n) is 1.87. The van der Waals surface area contributed by atoms with Gasteiger partial charge < -0.3 is 0 Å². The average molecular weight is 289 g/mol. The third-order valence-electron chi connectivity index (χ3n) is 3.05. The molecule has 2 aromatic rings. The van der Waals surface area contributed by atoms with Crippen molar-refractivity contribution < 1.29 is 4.79 Å². The van der Waals surface area contributed by atoms with Crippen LogP contribution in [-0.2, 0) is 4.79 Å². The standard InChI is InChI=1S/C20H19NO/c1-17(2)20(22)21(15-13-18-9-5-3-6-10-18)16-14-19-11-7-4-8-12-19/h3-16H,1H2,2H3. The Hall–Kier alpha value is -2.87. The van der Waals surface area contributed by atoms with E-state index in [1.54, 1.807) is 24.2 Å². The number of amides is 1. The van der Waals surface area contributed by atoms with Crippen molar-refractivity contribution in [2.75, 3.05) is 0 Å². The van der Waals surface area contributed by atoms with Crippen LogP contribution < -0.4 is 0 Å². The summed E-state index contributed by atoms with van der Waals surface area (Å²) < 4.78 is 0. The minimum atomic E-state index is -0.126. The molecule has 0 N–H and O–H groups in total. The molecule has 2 aromatic carbocycles. The minimum absolute atomic E-state index is 0.126. The maximum absolute atomic E-state index is 12.2. The summed E-state index contributed by atoms with van der Waals surface area (Å²) in [6.45, 7) is 5.44. The van der Waals surface area contributed by atoms with Crippen LogP contribution in [0.1, 0.15) is 18.1 Å². The molecule has 0 heterocycles. The summed E-state index contributed by atoms with van der Waals surface area (Å²) in [6.07, 6.45) is 7.31. The van der Waals surface area contributed by atoms with Crippen LogP contribution >= 0.6 is 0 Å². The van der Waals surface area contributed by atoms with Crippen molar-refractivity contribution in [2.24, 2.45) is 0 Å². The topological polar surface area (TPSA) is 20.3 Å². The molecule has 0 saturated heterocycles. The zero-order valence-corrected chi connectivity index (χ0v) is 12.6. The van der Waals surface area contributed by atoms with E-state index < -0.39 is 0 Å². The van der Waals surface area contributed by atoms with E-state index in [4.69, 9.17) is 0 Å². The zero-order valence-electron chi connectivity index (χ0n) is 12.6. The number of rotatable bonds is 5. The molecule has 2 nitrogen and oxygen atoms in total. The van der Waals surface area contributed by atoms with Gasteiger partial charge in [-0.15, -0.1) is 0 Å². The highest BCUT2D eigenvalue weighted by Crippen LogP contribution is 2.09. The molecule has 0 bridgehead atoms. The fourth-order valence-corrected chi connectivity index (χ4v) is 1.87. The van der Waals surface area contributed by atoms with Gasteiger partial charge in [0.1, 0.15) is 0 Å². The normalized spacial score (nSPS) is 11.0. The second kappa shape index (κ2) is 7.79. The van der Waals surface area contributed by atoms with Gasteiger partial charge in [-0.05, 0) is 30.2 Å². The quantitative estimate of drug-likeness (QED) is 0.728. The second-order valence-electron chi connectivity index (χ2n) is 4.95. The van der Waals surface area contributed by atoms with E-state index in [0.717, 1.165) is 11.1 Å². The first kappa shape index (κ1) is 15.5. The largest absolute Gasteiger partial charge is 0.291 e. The molecule has 0 atom stereocenters. The van der Waals surface area contributed by atoms with Crippen LogP contribution in [0.4, 0.5) is 0 Å². The van der Waals surface area contributed by atoms with Gasteiger partial charge in [-0.2, -0.15) is 0 Å². The molecule has 0 unspecified atom stereocenters. The average Bonchev–Trinajstić information content (AvgIpc) is 2.56. The van der Waals surface area contributed by atoms with E-state index in [2.05, 4.69) is 6.58 Å². The van der Waals surface area contributed by atoms with Crippen LogP contribution in [0.5, 0.6) is 0 Å². The summed E-state index contributed by atoms with van der Waals surface area (Å²) in [7, 11) is 0. The van der Waals surface area contributed by atoms with Crippen molar-refractivity contribution in [1.82, 2.24) is 4.90 Å². The predicted octanol–water partition coefficient (Wildman–Crippen LogP) is 4.73. The molecule has 1 amide bonds. The van der Waals surface area contributed by atoms with Gasteiger partial charge in [0.15, 0.2) is 0 Å². The van der Waals surface area contributed by atoms with Gasteiger partial charge in [0.05, 0.1) is 0 Å². The van der Waals surface area contributed by atoms with Crippen molar-refractivity contribution >= 4 is 18.1 Å². The first-order chi connectivity index (χ1) is 10.7. The molecule has 0 spiro atoms. The van der Waals surface area contributed by atoms with Gasteiger partial charge in [0, 0.05) is 18.0 Å². The molecule has 0 fully saturated rings. The van der Waals surface area contributed by atoms with Gasteiger partial charge in [-0.1, -0.05) is 67.2 Å². The zero-order chi connectivity index (χ0) is 15.8. The van der Waals surface area contributed by atoms with Gasteiger partial charge in [-0.3, -0.25) is 9.69 Å². The van der Waals surface area contributed by atoms with Gasteiger partial charge in [-0.25, -0.2) is 0 Å². The maximum Gasteiger partial charge on any atom is 0.256 e. The molecular weight excluding hydrogens is 270 g/mol. The van der Waals surface area contributed by atoms with Gasteiger partial charge in [0.25, 0.3) is 5.91 Å². The lowest BCUT2D eigenvalue weighted by molar-refractivity contribution is -0.122. The Morgan fingerprint density at radius 2 is 1.27 bits per heavy atom. The van der Waals surface area contributed by atoms with Crippen LogP contribution in [0, 0.1) is 0 Å². The fraction of sp³-hybridized carbons (Fsp3) is 0.0500. The number of hydrogen-bond acceptors (Lipinski definition) is 1. The number of hydrogen-bond donors (Lipinski definition) is 0. The molecule has 0 aromatic heterocycles. The molecule has 2 heteroatoms. The van der Waals surface area contributed by atoms with E-state index in [1.165, 1.54) is 0 Å². The van der Waals surface area contributed by atoms with Crippen LogP contribution in [0.2, 0.25) is 0 Å². The van der Waals surface area contributed by atoms with Gasteiger partial charge >= 0.3 is 0 Å². The Kier molecular flexibility index (Phi) is 5.50. The number of nitrogens with zero attached hydrogens (tertiary/aromatic N) is 1. The monoisotopic (exact) mass is 289 g/mol. The summed E-state index contributed by atoms with van der Waals surface area (Å²) in [4.78, 5) is 13.8. The smallest absolute Gasteiger partial charge is 0.256 e. The molecule has 110 valence electrons. The van der Waals surface area contributed by atoms with Gasteiger partial charge in [0.2, 0.25) is 0 Å². The highest BCUT2D eigenvalue weighted by Gasteiger charge is 2.08. The Bertz CT molecular complexity index is 635. The molecule has 0 saturated carbocycles. The number of benzene rings is 2. The van der Waals surface area contributed by atoms with Crippen molar-refractivity contribution in [3.8, 4) is 0 Å². The summed E-state index contributed by atoms with van der Waals surface area (Å²) in [5.41, 5.74) is 2.57. The predicted molar refractivity (Wildman–Crippen MR) is 92.6 cm³/mol. The lowest BCUT2D eigenvalue weighted by Gasteiger charge is -2.13. The van der Waals surface area contributed by atoms with Crippen LogP contribution in [-0.4, -0.2) is 10.8 Å². The highest BCUT2D eigenvalue weighted by molar-refractivity contribution is 5.94. The van der Waals surface area contributed by atoms with Crippen LogP contribution in [0.3, 0.4) is 0 Å². The molecule has 22 heavy (non-hydrogen) atoms. The first-order valence-corrected chi connectivity index (χ1v) is 7.11. The number of carbonyl (C=O) groups excluding carboxylic acids is 1. The molecule has 0 radical (unpaired) electrons. The molecule has 0 aliphatic rings. The SMILES string of the molecule is C=C(C)C(=O)N(C=Cc1ccccc1)C=Cc1ccccc1. The van der Waals surface area contributed by atoms with Crippen LogP contribution in [0.25, 0.3) is 12.2 Å². The summed E-state index contributed by atoms with van der Waals surface area (Å²) in [5.74, 6) is -0.126. The third-order valence-corrected chi connectivity index (χ3v) is 3.05. The Labute approximate surface area is 131 Å². The Morgan fingerprint density at radius 1 is 0.864 bits per heavy atom. The Balaban J connectivity index is 2.20. The Morgan fingerprint density at radius 3 is 1.64 bits per heavy atom. The van der Waals surface area contributed by atoms with E-state index in [0.29, 0.717) is 5.57 Å². The van der Waals surface area contributed by atoms with Crippen molar-refractivity contribution in [1.29, 1.82) is 0 Å². The van der Waals surface area contributed by atoms with Crippen molar-refractivity contribution in [3.05, 3.63) is 96.3 Å². The lowest BCUT2D eigenvalue weighted by Crippen LogP contribution is -2.20. The van der Waals surface area contributed by atoms with E-state index >= 15 is 0 Å². The summed E-state index contributed by atoms with van der Waals surface area (Å²) >= 11 is 0. The van der Waals surface area contributed by atoms with E-state index in [1.807, 2.05) is 72.8 Å². The molecule has 0 aliphatic carbocycles. The summed E-state index contributed by atoms with van der Waals surface area (Å²) in [5, 5.41) is 0. The molecular formula is C20H19NO. The van der Waals surface area contributed by atoms with E-state index in [-0.39, 0.29) is 5.91 Å². The lowest BCUT2D eigenvalue weighted by atomic mass is 10.2. The molecule has 2 rings (SSSR count). The third kappa shape index (κ3) is 4.60. The first-order valence-electron chi connectivity index (χ1n) is 7.11. The second-order valence-corrected chi connectivity index (χ2v) is 4.95. The van der Waals surface area contributed by atoms with Crippen molar-refractivity contribution in [3.63, 3.8) is 0 Å². The van der Waals surface area contributed by atoms with Crippen molar-refractivity contribution in [2.45, 2.75) is 6.92 Å². The number of carbonyl (C=O) groups is 1. The minimum Gasteiger partial charge on any atom is -0.291 e.